The zero-order valence-electron chi connectivity index (χ0n) is 23.0. The van der Waals surface area contributed by atoms with Crippen molar-refractivity contribution in [2.24, 2.45) is 0 Å². The molecule has 0 amide bonds. The highest BCUT2D eigenvalue weighted by Crippen LogP contribution is 2.50. The van der Waals surface area contributed by atoms with E-state index in [1.54, 1.807) is 0 Å². The average molecular weight is 550 g/mol. The molecule has 0 unspecified atom stereocenters. The molecule has 0 N–H and O–H groups in total. The molecule has 5 nitrogen and oxygen atoms in total. The molecule has 0 saturated carbocycles. The Balaban J connectivity index is 1.31. The van der Waals surface area contributed by atoms with E-state index in [-0.39, 0.29) is 0 Å². The quantitative estimate of drug-likeness (QED) is 0.205. The highest BCUT2D eigenvalue weighted by Gasteiger charge is 2.30. The van der Waals surface area contributed by atoms with Crippen LogP contribution in [0, 0.1) is 0 Å². The number of fused-ring (bicyclic) bond motifs is 5. The second-order valence-electron chi connectivity index (χ2n) is 10.7. The van der Waals surface area contributed by atoms with E-state index in [1.165, 1.54) is 11.1 Å². The first-order valence-electron chi connectivity index (χ1n) is 14.3. The van der Waals surface area contributed by atoms with E-state index in [9.17, 15) is 0 Å². The van der Waals surface area contributed by atoms with Crippen molar-refractivity contribution >= 4 is 49.9 Å². The lowest BCUT2D eigenvalue weighted by Crippen LogP contribution is -2.18. The Labute approximate surface area is 247 Å². The van der Waals surface area contributed by atoms with Gasteiger partial charge in [0.05, 0.1) is 33.5 Å². The van der Waals surface area contributed by atoms with Crippen LogP contribution in [-0.2, 0) is 0 Å². The van der Waals surface area contributed by atoms with Gasteiger partial charge in [0.2, 0.25) is 0 Å². The molecular weight excluding hydrogens is 526 g/mol. The van der Waals surface area contributed by atoms with Gasteiger partial charge in [0.15, 0.2) is 0 Å². The molecule has 0 atom stereocenters. The predicted molar refractivity (Wildman–Crippen MR) is 175 cm³/mol. The molecule has 43 heavy (non-hydrogen) atoms. The van der Waals surface area contributed by atoms with E-state index < -0.39 is 0 Å². The summed E-state index contributed by atoms with van der Waals surface area (Å²) < 4.78 is 0. The molecule has 5 heterocycles. The largest absolute Gasteiger partial charge is 0.278 e. The molecule has 0 radical (unpaired) electrons. The molecule has 0 fully saturated rings. The maximum absolute atomic E-state index is 5.36. The third-order valence-corrected chi connectivity index (χ3v) is 8.29. The number of rotatable bonds is 3. The van der Waals surface area contributed by atoms with Crippen LogP contribution in [0.2, 0.25) is 0 Å². The average Bonchev–Trinajstić information content (AvgIpc) is 3.08. The summed E-state index contributed by atoms with van der Waals surface area (Å²) in [6, 6.07) is 43.9. The third kappa shape index (κ3) is 3.65. The summed E-state index contributed by atoms with van der Waals surface area (Å²) in [6.45, 7) is 0. The van der Waals surface area contributed by atoms with Crippen molar-refractivity contribution in [3.8, 4) is 33.6 Å². The molecule has 0 spiro atoms. The number of nitrogens with zero attached hydrogens (tertiary/aromatic N) is 5. The van der Waals surface area contributed by atoms with Crippen molar-refractivity contribution in [3.63, 3.8) is 0 Å². The molecule has 1 aliphatic heterocycles. The molecule has 5 heteroatoms. The van der Waals surface area contributed by atoms with Gasteiger partial charge in [-0.25, -0.2) is 9.97 Å². The Bertz CT molecular complexity index is 2350. The smallest absolute Gasteiger partial charge is 0.149 e. The number of aromatic nitrogens is 4. The number of anilines is 3. The fourth-order valence-electron chi connectivity index (χ4n) is 6.31. The zero-order chi connectivity index (χ0) is 28.3. The van der Waals surface area contributed by atoms with Gasteiger partial charge in [-0.1, -0.05) is 91.0 Å². The van der Waals surface area contributed by atoms with Gasteiger partial charge < -0.3 is 0 Å². The Morgan fingerprint density at radius 1 is 0.465 bits per heavy atom. The summed E-state index contributed by atoms with van der Waals surface area (Å²) in [5, 5.41) is 4.26. The summed E-state index contributed by atoms with van der Waals surface area (Å²) >= 11 is 0. The summed E-state index contributed by atoms with van der Waals surface area (Å²) in [6.07, 6.45) is 3.74. The van der Waals surface area contributed by atoms with Crippen LogP contribution in [0.25, 0.3) is 66.2 Å². The van der Waals surface area contributed by atoms with Gasteiger partial charge in [0, 0.05) is 40.4 Å². The summed E-state index contributed by atoms with van der Waals surface area (Å²) in [7, 11) is 0. The monoisotopic (exact) mass is 549 g/mol. The van der Waals surface area contributed by atoms with Crippen LogP contribution < -0.4 is 4.90 Å². The minimum Gasteiger partial charge on any atom is -0.278 e. The minimum atomic E-state index is 0.763. The first-order chi connectivity index (χ1) is 21.3. The van der Waals surface area contributed by atoms with Crippen LogP contribution in [0.4, 0.5) is 17.3 Å². The summed E-state index contributed by atoms with van der Waals surface area (Å²) in [4.78, 5) is 22.4. The van der Waals surface area contributed by atoms with Crippen LogP contribution in [0.1, 0.15) is 0 Å². The molecule has 0 aliphatic carbocycles. The van der Waals surface area contributed by atoms with Gasteiger partial charge in [-0.15, -0.1) is 0 Å². The van der Waals surface area contributed by atoms with Crippen LogP contribution in [-0.4, -0.2) is 19.9 Å². The molecule has 8 aromatic rings. The molecule has 9 rings (SSSR count). The van der Waals surface area contributed by atoms with Gasteiger partial charge >= 0.3 is 0 Å². The Morgan fingerprint density at radius 3 is 2.12 bits per heavy atom. The van der Waals surface area contributed by atoms with Crippen molar-refractivity contribution in [2.45, 2.75) is 0 Å². The normalized spacial score (nSPS) is 12.1. The van der Waals surface area contributed by atoms with Crippen molar-refractivity contribution in [1.82, 2.24) is 19.9 Å². The van der Waals surface area contributed by atoms with Crippen molar-refractivity contribution in [1.29, 1.82) is 0 Å². The molecule has 0 saturated heterocycles. The van der Waals surface area contributed by atoms with Gasteiger partial charge in [0.25, 0.3) is 0 Å². The van der Waals surface area contributed by atoms with Crippen LogP contribution in [0.15, 0.2) is 140 Å². The molecule has 0 bridgehead atoms. The SMILES string of the molecule is c1ccc(-c2ccc(-c3nc(N4c5ccccc5-c5nccc6c5c4nc4ccccc46)cc4ncccc34)cc2)cc1. The first-order valence-corrected chi connectivity index (χ1v) is 14.3. The molecule has 4 aromatic carbocycles. The van der Waals surface area contributed by atoms with Gasteiger partial charge in [-0.3, -0.25) is 14.9 Å². The number of benzene rings is 4. The van der Waals surface area contributed by atoms with Crippen molar-refractivity contribution in [3.05, 3.63) is 140 Å². The Hall–Kier alpha value is -5.94. The lowest BCUT2D eigenvalue weighted by atomic mass is 9.96. The Morgan fingerprint density at radius 2 is 1.21 bits per heavy atom. The lowest BCUT2D eigenvalue weighted by Gasteiger charge is -2.31. The van der Waals surface area contributed by atoms with E-state index in [1.807, 2.05) is 30.6 Å². The standard InChI is InChI=1S/C38H23N5/c1-2-9-24(10-3-1)25-16-18-26(19-17-25)36-29-13-8-21-39-32(29)23-34(42-36)43-33-15-7-5-12-30(33)37-35-28(20-22-40-37)27-11-4-6-14-31(27)41-38(35)43/h1-23H. The van der Waals surface area contributed by atoms with Crippen molar-refractivity contribution < 1.29 is 0 Å². The minimum absolute atomic E-state index is 0.763. The van der Waals surface area contributed by atoms with Gasteiger partial charge in [0.1, 0.15) is 11.6 Å². The molecule has 4 aromatic heterocycles. The van der Waals surface area contributed by atoms with Crippen LogP contribution in [0.5, 0.6) is 0 Å². The van der Waals surface area contributed by atoms with E-state index in [2.05, 4.69) is 114 Å². The van der Waals surface area contributed by atoms with Crippen molar-refractivity contribution in [2.75, 3.05) is 4.90 Å². The number of hydrogen-bond acceptors (Lipinski definition) is 5. The van der Waals surface area contributed by atoms with E-state index in [0.717, 1.165) is 72.4 Å². The lowest BCUT2D eigenvalue weighted by molar-refractivity contribution is 1.14. The van der Waals surface area contributed by atoms with E-state index >= 15 is 0 Å². The third-order valence-electron chi connectivity index (χ3n) is 8.29. The topological polar surface area (TPSA) is 54.8 Å². The van der Waals surface area contributed by atoms with Gasteiger partial charge in [-0.05, 0) is 46.8 Å². The number of para-hydroxylation sites is 2. The second-order valence-corrected chi connectivity index (χ2v) is 10.7. The number of hydrogen-bond donors (Lipinski definition) is 0. The van der Waals surface area contributed by atoms with Crippen LogP contribution >= 0.6 is 0 Å². The van der Waals surface area contributed by atoms with E-state index in [0.29, 0.717) is 0 Å². The van der Waals surface area contributed by atoms with E-state index in [4.69, 9.17) is 19.9 Å². The maximum atomic E-state index is 5.36. The zero-order valence-corrected chi connectivity index (χ0v) is 23.0. The molecule has 200 valence electrons. The van der Waals surface area contributed by atoms with Crippen LogP contribution in [0.3, 0.4) is 0 Å². The summed E-state index contributed by atoms with van der Waals surface area (Å²) in [5.41, 5.74) is 9.05. The molecule has 1 aliphatic rings. The maximum Gasteiger partial charge on any atom is 0.149 e. The first kappa shape index (κ1) is 23.7. The Kier molecular flexibility index (Phi) is 5.13. The fourth-order valence-corrected chi connectivity index (χ4v) is 6.31. The second kappa shape index (κ2) is 9.29. The van der Waals surface area contributed by atoms with Gasteiger partial charge in [-0.2, -0.15) is 0 Å². The fraction of sp³-hybridized carbons (Fsp3) is 0. The summed E-state index contributed by atoms with van der Waals surface area (Å²) in [5.74, 6) is 1.59. The highest BCUT2D eigenvalue weighted by molar-refractivity contribution is 6.19. The predicted octanol–water partition coefficient (Wildman–Crippen LogP) is 9.51. The highest BCUT2D eigenvalue weighted by atomic mass is 15.3. The molecular formula is C38H23N5. The number of pyridine rings is 4.